The maximum atomic E-state index is 13.4. The van der Waals surface area contributed by atoms with Gasteiger partial charge < -0.3 is 10.2 Å². The van der Waals surface area contributed by atoms with Crippen LogP contribution in [0.4, 0.5) is 18.9 Å². The van der Waals surface area contributed by atoms with Gasteiger partial charge in [0, 0.05) is 17.1 Å². The van der Waals surface area contributed by atoms with E-state index in [1.807, 2.05) is 0 Å². The Morgan fingerprint density at radius 3 is 2.19 bits per heavy atom. The van der Waals surface area contributed by atoms with Gasteiger partial charge in [-0.2, -0.15) is 13.2 Å². The third-order valence-electron chi connectivity index (χ3n) is 5.05. The van der Waals surface area contributed by atoms with Gasteiger partial charge in [0.1, 0.15) is 12.6 Å². The number of nitrogens with one attached hydrogen (secondary N) is 1. The lowest BCUT2D eigenvalue weighted by Crippen LogP contribution is -2.54. The quantitative estimate of drug-likeness (QED) is 0.529. The number of carbonyl (C=O) groups excluding carboxylic acids is 2. The molecule has 2 aromatic carbocycles. The van der Waals surface area contributed by atoms with Gasteiger partial charge in [-0.1, -0.05) is 29.8 Å². The van der Waals surface area contributed by atoms with E-state index in [4.69, 9.17) is 11.6 Å². The summed E-state index contributed by atoms with van der Waals surface area (Å²) in [6, 6.07) is 9.22. The second-order valence-electron chi connectivity index (χ2n) is 9.38. The molecular formula is C24H29ClF3N3O4S. The standard InChI is InChI=1S/C24H29ClF3N3O4S/c1-16(22(33)29-23(2,3)4)30(14-17-8-6-10-19(25)12-17)21(32)15-31(36(5,34)35)20-11-7-9-18(13-20)24(26,27)28/h6-13,16H,14-15H2,1-5H3,(H,29,33)/t16-/m1/s1. The highest BCUT2D eigenvalue weighted by Crippen LogP contribution is 2.32. The first-order valence-electron chi connectivity index (χ1n) is 10.9. The molecule has 0 aliphatic heterocycles. The molecule has 0 saturated carbocycles. The maximum Gasteiger partial charge on any atom is 0.416 e. The molecule has 0 aromatic heterocycles. The highest BCUT2D eigenvalue weighted by Gasteiger charge is 2.34. The molecule has 2 aromatic rings. The molecule has 0 aliphatic rings. The normalized spacial score (nSPS) is 13.1. The third kappa shape index (κ3) is 8.41. The predicted octanol–water partition coefficient (Wildman–Crippen LogP) is 4.46. The fraction of sp³-hybridized carbons (Fsp3) is 0.417. The number of carbonyl (C=O) groups is 2. The van der Waals surface area contributed by atoms with Crippen molar-refractivity contribution in [2.45, 2.75) is 52.0 Å². The molecule has 0 fully saturated rings. The minimum absolute atomic E-state index is 0.0850. The van der Waals surface area contributed by atoms with Gasteiger partial charge in [0.05, 0.1) is 17.5 Å². The zero-order valence-corrected chi connectivity index (χ0v) is 22.1. The fourth-order valence-corrected chi connectivity index (χ4v) is 4.39. The zero-order chi connectivity index (χ0) is 27.5. The summed E-state index contributed by atoms with van der Waals surface area (Å²) in [5, 5.41) is 3.17. The summed E-state index contributed by atoms with van der Waals surface area (Å²) in [4.78, 5) is 27.5. The van der Waals surface area contributed by atoms with E-state index < -0.39 is 51.7 Å². The van der Waals surface area contributed by atoms with Crippen molar-refractivity contribution in [2.24, 2.45) is 0 Å². The Hall–Kier alpha value is -2.79. The van der Waals surface area contributed by atoms with E-state index in [-0.39, 0.29) is 12.2 Å². The minimum atomic E-state index is -4.71. The van der Waals surface area contributed by atoms with Crippen molar-refractivity contribution in [1.29, 1.82) is 0 Å². The van der Waals surface area contributed by atoms with Gasteiger partial charge in [0.15, 0.2) is 0 Å². The molecule has 7 nitrogen and oxygen atoms in total. The molecule has 1 N–H and O–H groups in total. The Morgan fingerprint density at radius 1 is 1.06 bits per heavy atom. The Balaban J connectivity index is 2.46. The van der Waals surface area contributed by atoms with Crippen LogP contribution in [0.2, 0.25) is 5.02 Å². The first kappa shape index (κ1) is 29.4. The monoisotopic (exact) mass is 547 g/mol. The van der Waals surface area contributed by atoms with Crippen LogP contribution in [-0.4, -0.2) is 49.5 Å². The van der Waals surface area contributed by atoms with Crippen LogP contribution in [0.25, 0.3) is 0 Å². The van der Waals surface area contributed by atoms with Crippen molar-refractivity contribution in [1.82, 2.24) is 10.2 Å². The summed E-state index contributed by atoms with van der Waals surface area (Å²) >= 11 is 6.05. The number of hydrogen-bond acceptors (Lipinski definition) is 4. The van der Waals surface area contributed by atoms with E-state index in [1.165, 1.54) is 17.9 Å². The van der Waals surface area contributed by atoms with E-state index in [0.29, 0.717) is 21.0 Å². The lowest BCUT2D eigenvalue weighted by molar-refractivity contribution is -0.140. The Labute approximate surface area is 214 Å². The molecule has 1 atom stereocenters. The second kappa shape index (κ2) is 11.1. The predicted molar refractivity (Wildman–Crippen MR) is 133 cm³/mol. The van der Waals surface area contributed by atoms with Crippen molar-refractivity contribution in [3.63, 3.8) is 0 Å². The van der Waals surface area contributed by atoms with Gasteiger partial charge in [-0.3, -0.25) is 13.9 Å². The van der Waals surface area contributed by atoms with Gasteiger partial charge in [-0.25, -0.2) is 8.42 Å². The average Bonchev–Trinajstić information content (AvgIpc) is 2.72. The number of benzene rings is 2. The topological polar surface area (TPSA) is 86.8 Å². The highest BCUT2D eigenvalue weighted by atomic mass is 35.5. The van der Waals surface area contributed by atoms with Crippen LogP contribution in [0.1, 0.15) is 38.8 Å². The first-order valence-corrected chi connectivity index (χ1v) is 13.1. The molecule has 2 rings (SSSR count). The highest BCUT2D eigenvalue weighted by molar-refractivity contribution is 7.92. The molecule has 198 valence electrons. The summed E-state index contributed by atoms with van der Waals surface area (Å²) in [7, 11) is -4.17. The summed E-state index contributed by atoms with van der Waals surface area (Å²) in [6.07, 6.45) is -3.92. The molecule has 0 bridgehead atoms. The smallest absolute Gasteiger partial charge is 0.350 e. The second-order valence-corrected chi connectivity index (χ2v) is 11.7. The van der Waals surface area contributed by atoms with Gasteiger partial charge in [0.25, 0.3) is 0 Å². The Bertz CT molecular complexity index is 1210. The van der Waals surface area contributed by atoms with Crippen LogP contribution in [0.15, 0.2) is 48.5 Å². The van der Waals surface area contributed by atoms with E-state index in [2.05, 4.69) is 5.32 Å². The Kier molecular flexibility index (Phi) is 9.06. The molecule has 0 unspecified atom stereocenters. The van der Waals surface area contributed by atoms with Gasteiger partial charge in [-0.15, -0.1) is 0 Å². The van der Waals surface area contributed by atoms with Crippen molar-refractivity contribution >= 4 is 39.1 Å². The molecule has 0 heterocycles. The third-order valence-corrected chi connectivity index (χ3v) is 6.42. The van der Waals surface area contributed by atoms with Crippen molar-refractivity contribution < 1.29 is 31.2 Å². The van der Waals surface area contributed by atoms with E-state index >= 15 is 0 Å². The minimum Gasteiger partial charge on any atom is -0.350 e. The number of anilines is 1. The molecule has 2 amide bonds. The zero-order valence-electron chi connectivity index (χ0n) is 20.6. The van der Waals surface area contributed by atoms with Crippen LogP contribution in [0.5, 0.6) is 0 Å². The maximum absolute atomic E-state index is 13.4. The number of nitrogens with zero attached hydrogens (tertiary/aromatic N) is 2. The summed E-state index contributed by atoms with van der Waals surface area (Å²) in [5.74, 6) is -1.27. The number of hydrogen-bond donors (Lipinski definition) is 1. The summed E-state index contributed by atoms with van der Waals surface area (Å²) in [5.41, 5.74) is -1.41. The van der Waals surface area contributed by atoms with Gasteiger partial charge >= 0.3 is 6.18 Å². The number of halogens is 4. The molecule has 0 spiro atoms. The lowest BCUT2D eigenvalue weighted by Gasteiger charge is -2.33. The van der Waals surface area contributed by atoms with Gasteiger partial charge in [0.2, 0.25) is 21.8 Å². The molecule has 36 heavy (non-hydrogen) atoms. The number of alkyl halides is 3. The largest absolute Gasteiger partial charge is 0.416 e. The van der Waals surface area contributed by atoms with Crippen molar-refractivity contribution in [2.75, 3.05) is 17.1 Å². The fourth-order valence-electron chi connectivity index (χ4n) is 3.34. The van der Waals surface area contributed by atoms with Crippen LogP contribution in [0, 0.1) is 0 Å². The summed E-state index contributed by atoms with van der Waals surface area (Å²) in [6.45, 7) is 5.88. The van der Waals surface area contributed by atoms with E-state index in [9.17, 15) is 31.2 Å². The van der Waals surface area contributed by atoms with Crippen molar-refractivity contribution in [3.05, 3.63) is 64.7 Å². The van der Waals surface area contributed by atoms with Crippen LogP contribution in [-0.2, 0) is 32.3 Å². The molecule has 0 radical (unpaired) electrons. The SMILES string of the molecule is C[C@H](C(=O)NC(C)(C)C)N(Cc1cccc(Cl)c1)C(=O)CN(c1cccc(C(F)(F)F)c1)S(C)(=O)=O. The first-order chi connectivity index (χ1) is 16.4. The average molecular weight is 548 g/mol. The van der Waals surface area contributed by atoms with Crippen LogP contribution < -0.4 is 9.62 Å². The number of amides is 2. The number of sulfonamides is 1. The molecule has 12 heteroatoms. The molecule has 0 aliphatic carbocycles. The Morgan fingerprint density at radius 2 is 1.67 bits per heavy atom. The van der Waals surface area contributed by atoms with E-state index in [1.54, 1.807) is 45.0 Å². The van der Waals surface area contributed by atoms with Crippen LogP contribution >= 0.6 is 11.6 Å². The van der Waals surface area contributed by atoms with Gasteiger partial charge in [-0.05, 0) is 63.6 Å². The lowest BCUT2D eigenvalue weighted by atomic mass is 10.1. The number of rotatable bonds is 8. The summed E-state index contributed by atoms with van der Waals surface area (Å²) < 4.78 is 65.3. The molecule has 0 saturated heterocycles. The molecular weight excluding hydrogens is 519 g/mol. The van der Waals surface area contributed by atoms with Crippen LogP contribution in [0.3, 0.4) is 0 Å². The van der Waals surface area contributed by atoms with Crippen molar-refractivity contribution in [3.8, 4) is 0 Å². The van der Waals surface area contributed by atoms with E-state index in [0.717, 1.165) is 18.4 Å².